The van der Waals surface area contributed by atoms with Crippen LogP contribution in [0.1, 0.15) is 34.5 Å². The summed E-state index contributed by atoms with van der Waals surface area (Å²) < 4.78 is 0. The fourth-order valence-corrected chi connectivity index (χ4v) is 3.89. The first-order valence-corrected chi connectivity index (χ1v) is 11.9. The van der Waals surface area contributed by atoms with Gasteiger partial charge in [-0.1, -0.05) is 30.3 Å². The van der Waals surface area contributed by atoms with E-state index in [1.807, 2.05) is 35.2 Å². The summed E-state index contributed by atoms with van der Waals surface area (Å²) in [5, 5.41) is 20.5. The van der Waals surface area contributed by atoms with Crippen LogP contribution in [0.15, 0.2) is 60.8 Å². The molecule has 0 fully saturated rings. The third-order valence-corrected chi connectivity index (χ3v) is 5.82. The third-order valence-electron chi connectivity index (χ3n) is 5.82. The lowest BCUT2D eigenvalue weighted by Gasteiger charge is -2.25. The Labute approximate surface area is 222 Å². The molecule has 7 N–H and O–H groups in total. The van der Waals surface area contributed by atoms with Crippen molar-refractivity contribution in [1.82, 2.24) is 25.3 Å². The number of benzene rings is 2. The summed E-state index contributed by atoms with van der Waals surface area (Å²) in [7, 11) is 0. The van der Waals surface area contributed by atoms with Crippen LogP contribution in [-0.2, 0) is 22.7 Å². The molecule has 2 aromatic heterocycles. The van der Waals surface area contributed by atoms with E-state index in [-0.39, 0.29) is 35.8 Å². The Morgan fingerprint density at radius 1 is 0.923 bits per heavy atom. The van der Waals surface area contributed by atoms with Gasteiger partial charge in [0.05, 0.1) is 18.4 Å². The predicted octanol–water partition coefficient (Wildman–Crippen LogP) is 1.84. The standard InChI is InChI=1S/C26H26N8O5/c27-22-21-23(33-26(28)32-22)29-12-17(30-21)14-34(13-15-4-2-1-3-5-15)18-8-6-16(7-9-18)24(37)31-19(25(38)39)10-11-20(35)36/h1-9,12,19H,10-11,13-14H2,(H,31,37)(H,35,36)(H,38,39)(H4,27,28,29,32,33). The summed E-state index contributed by atoms with van der Waals surface area (Å²) in [6.07, 6.45) is 0.971. The van der Waals surface area contributed by atoms with Gasteiger partial charge in [0.25, 0.3) is 5.91 Å². The van der Waals surface area contributed by atoms with Crippen LogP contribution in [-0.4, -0.2) is 54.0 Å². The van der Waals surface area contributed by atoms with Crippen molar-refractivity contribution in [3.63, 3.8) is 0 Å². The van der Waals surface area contributed by atoms with Crippen molar-refractivity contribution in [2.75, 3.05) is 16.4 Å². The summed E-state index contributed by atoms with van der Waals surface area (Å²) in [5.74, 6) is -2.94. The zero-order valence-corrected chi connectivity index (χ0v) is 20.7. The number of fused-ring (bicyclic) bond motifs is 1. The molecule has 13 nitrogen and oxygen atoms in total. The van der Waals surface area contributed by atoms with Crippen LogP contribution >= 0.6 is 0 Å². The first-order valence-electron chi connectivity index (χ1n) is 11.9. The number of nitrogens with two attached hydrogens (primary N) is 2. The van der Waals surface area contributed by atoms with E-state index in [2.05, 4.69) is 25.3 Å². The number of hydrogen-bond donors (Lipinski definition) is 5. The minimum Gasteiger partial charge on any atom is -0.481 e. The summed E-state index contributed by atoms with van der Waals surface area (Å²) in [4.78, 5) is 53.8. The zero-order chi connectivity index (χ0) is 27.9. The Hall–Kier alpha value is -5.33. The van der Waals surface area contributed by atoms with Crippen LogP contribution in [0.3, 0.4) is 0 Å². The van der Waals surface area contributed by atoms with E-state index < -0.39 is 23.9 Å². The number of carbonyl (C=O) groups excluding carboxylic acids is 1. The van der Waals surface area contributed by atoms with E-state index >= 15 is 0 Å². The highest BCUT2D eigenvalue weighted by atomic mass is 16.4. The highest BCUT2D eigenvalue weighted by Gasteiger charge is 2.22. The molecule has 1 unspecified atom stereocenters. The maximum Gasteiger partial charge on any atom is 0.326 e. The SMILES string of the molecule is Nc1nc(N)c2nc(CN(Cc3ccccc3)c3ccc(C(=O)NC(CCC(=O)O)C(=O)O)cc3)cnc2n1. The van der Waals surface area contributed by atoms with E-state index in [9.17, 15) is 19.5 Å². The second kappa shape index (κ2) is 11.8. The van der Waals surface area contributed by atoms with Crippen LogP contribution in [0, 0.1) is 0 Å². The zero-order valence-electron chi connectivity index (χ0n) is 20.7. The molecular weight excluding hydrogens is 504 g/mol. The molecule has 200 valence electrons. The molecule has 0 saturated heterocycles. The van der Waals surface area contributed by atoms with Gasteiger partial charge in [0, 0.05) is 24.2 Å². The molecule has 2 aromatic carbocycles. The first kappa shape index (κ1) is 26.7. The van der Waals surface area contributed by atoms with Crippen LogP contribution in [0.4, 0.5) is 17.5 Å². The van der Waals surface area contributed by atoms with Gasteiger partial charge < -0.3 is 31.9 Å². The molecule has 0 bridgehead atoms. The van der Waals surface area contributed by atoms with Gasteiger partial charge in [0.1, 0.15) is 6.04 Å². The van der Waals surface area contributed by atoms with E-state index in [0.29, 0.717) is 24.3 Å². The number of anilines is 3. The molecule has 0 aliphatic carbocycles. The van der Waals surface area contributed by atoms with E-state index in [1.54, 1.807) is 30.5 Å². The number of hydrogen-bond acceptors (Lipinski definition) is 10. The number of aliphatic carboxylic acids is 2. The van der Waals surface area contributed by atoms with Crippen molar-refractivity contribution in [3.8, 4) is 0 Å². The lowest BCUT2D eigenvalue weighted by Crippen LogP contribution is -2.41. The van der Waals surface area contributed by atoms with Crippen molar-refractivity contribution < 1.29 is 24.6 Å². The Kier molecular flexibility index (Phi) is 8.09. The lowest BCUT2D eigenvalue weighted by atomic mass is 10.1. The Bertz CT molecular complexity index is 1500. The van der Waals surface area contributed by atoms with Gasteiger partial charge in [-0.25, -0.2) is 14.8 Å². The van der Waals surface area contributed by atoms with Gasteiger partial charge >= 0.3 is 11.9 Å². The van der Waals surface area contributed by atoms with E-state index in [4.69, 9.17) is 16.6 Å². The molecular formula is C26H26N8O5. The summed E-state index contributed by atoms with van der Waals surface area (Å²) >= 11 is 0. The normalized spacial score (nSPS) is 11.6. The van der Waals surface area contributed by atoms with Gasteiger partial charge in [0.2, 0.25) is 5.95 Å². The minimum absolute atomic E-state index is 0.00782. The Morgan fingerprint density at radius 3 is 2.31 bits per heavy atom. The Morgan fingerprint density at radius 2 is 1.64 bits per heavy atom. The number of nitrogen functional groups attached to an aromatic ring is 2. The number of carboxylic acids is 2. The molecule has 4 rings (SSSR count). The molecule has 0 spiro atoms. The second-order valence-electron chi connectivity index (χ2n) is 8.69. The first-order chi connectivity index (χ1) is 18.7. The van der Waals surface area contributed by atoms with Crippen LogP contribution < -0.4 is 21.7 Å². The minimum atomic E-state index is -1.32. The smallest absolute Gasteiger partial charge is 0.326 e. The van der Waals surface area contributed by atoms with Crippen molar-refractivity contribution in [3.05, 3.63) is 77.6 Å². The topological polar surface area (TPSA) is 211 Å². The molecule has 0 radical (unpaired) electrons. The maximum absolute atomic E-state index is 12.7. The molecule has 0 saturated carbocycles. The van der Waals surface area contributed by atoms with Crippen molar-refractivity contribution in [2.24, 2.45) is 0 Å². The molecule has 1 atom stereocenters. The van der Waals surface area contributed by atoms with Gasteiger partial charge in [-0.2, -0.15) is 9.97 Å². The fourth-order valence-electron chi connectivity index (χ4n) is 3.89. The quantitative estimate of drug-likeness (QED) is 0.188. The average molecular weight is 531 g/mol. The van der Waals surface area contributed by atoms with Crippen molar-refractivity contribution in [2.45, 2.75) is 32.0 Å². The van der Waals surface area contributed by atoms with E-state index in [1.165, 1.54) is 0 Å². The summed E-state index contributed by atoms with van der Waals surface area (Å²) in [6, 6.07) is 15.0. The largest absolute Gasteiger partial charge is 0.481 e. The molecule has 2 heterocycles. The van der Waals surface area contributed by atoms with Crippen LogP contribution in [0.5, 0.6) is 0 Å². The lowest BCUT2D eigenvalue weighted by molar-refractivity contribution is -0.140. The summed E-state index contributed by atoms with van der Waals surface area (Å²) in [5.41, 5.74) is 14.9. The molecule has 13 heteroatoms. The number of rotatable bonds is 11. The number of amides is 1. The number of aromatic nitrogens is 4. The number of nitrogens with zero attached hydrogens (tertiary/aromatic N) is 5. The highest BCUT2D eigenvalue weighted by molar-refractivity contribution is 5.97. The van der Waals surface area contributed by atoms with Gasteiger partial charge in [0.15, 0.2) is 17.0 Å². The van der Waals surface area contributed by atoms with Crippen LogP contribution in [0.2, 0.25) is 0 Å². The number of carbonyl (C=O) groups is 3. The molecule has 1 amide bonds. The monoisotopic (exact) mass is 530 g/mol. The van der Waals surface area contributed by atoms with Gasteiger partial charge in [-0.3, -0.25) is 9.59 Å². The Balaban J connectivity index is 1.57. The van der Waals surface area contributed by atoms with Gasteiger partial charge in [-0.15, -0.1) is 0 Å². The maximum atomic E-state index is 12.7. The van der Waals surface area contributed by atoms with Gasteiger partial charge in [-0.05, 0) is 36.2 Å². The van der Waals surface area contributed by atoms with E-state index in [0.717, 1.165) is 11.3 Å². The second-order valence-corrected chi connectivity index (χ2v) is 8.69. The van der Waals surface area contributed by atoms with Crippen molar-refractivity contribution in [1.29, 1.82) is 0 Å². The fraction of sp³-hybridized carbons (Fsp3) is 0.192. The molecule has 4 aromatic rings. The average Bonchev–Trinajstić information content (AvgIpc) is 2.91. The molecule has 39 heavy (non-hydrogen) atoms. The van der Waals surface area contributed by atoms with Crippen LogP contribution in [0.25, 0.3) is 11.2 Å². The predicted molar refractivity (Wildman–Crippen MR) is 142 cm³/mol. The summed E-state index contributed by atoms with van der Waals surface area (Å²) in [6.45, 7) is 0.847. The third kappa shape index (κ3) is 6.91. The molecule has 0 aliphatic heterocycles. The molecule has 0 aliphatic rings. The number of carboxylic acid groups (broad SMARTS) is 2. The highest BCUT2D eigenvalue weighted by Crippen LogP contribution is 2.22. The van der Waals surface area contributed by atoms with Crippen molar-refractivity contribution >= 4 is 46.5 Å². The number of nitrogens with one attached hydrogen (secondary N) is 1.